The first kappa shape index (κ1) is 19.6. The molecule has 0 saturated carbocycles. The minimum Gasteiger partial charge on any atom is -0.321 e. The molecular formula is C20H17ClFN3O3S. The number of anilines is 1. The number of nitrogens with one attached hydrogen (secondary N) is 1. The predicted octanol–water partition coefficient (Wildman–Crippen LogP) is 3.95. The molecule has 1 fully saturated rings. The van der Waals surface area contributed by atoms with Gasteiger partial charge in [0.15, 0.2) is 15.5 Å². The molecule has 0 spiro atoms. The first-order chi connectivity index (χ1) is 13.8. The Bertz CT molecular complexity index is 1180. The number of carbonyl (C=O) groups excluding carboxylic acids is 1. The highest BCUT2D eigenvalue weighted by Gasteiger charge is 2.32. The largest absolute Gasteiger partial charge is 0.321 e. The SMILES string of the molecule is O=C(Nc1ccc(F)c(Cl)c1)c1cc(-c2ccccc2)n([C@@H]2CCS(=O)(=O)C2)n1. The third kappa shape index (κ3) is 4.18. The van der Waals surface area contributed by atoms with Crippen molar-refractivity contribution in [1.82, 2.24) is 9.78 Å². The van der Waals surface area contributed by atoms with E-state index in [1.807, 2.05) is 30.3 Å². The average Bonchev–Trinajstić information content (AvgIpc) is 3.29. The number of rotatable bonds is 4. The van der Waals surface area contributed by atoms with Crippen LogP contribution in [0.1, 0.15) is 23.0 Å². The summed E-state index contributed by atoms with van der Waals surface area (Å²) in [6, 6.07) is 14.5. The standard InChI is InChI=1S/C20H17ClFN3O3S/c21-16-10-14(6-7-17(16)22)23-20(26)18-11-19(13-4-2-1-3-5-13)25(24-18)15-8-9-29(27,28)12-15/h1-7,10-11,15H,8-9,12H2,(H,23,26)/t15-/m1/s1. The van der Waals surface area contributed by atoms with Crippen molar-refractivity contribution in [3.05, 3.63) is 71.1 Å². The number of sulfone groups is 1. The summed E-state index contributed by atoms with van der Waals surface area (Å²) in [7, 11) is -3.12. The highest BCUT2D eigenvalue weighted by molar-refractivity contribution is 7.91. The van der Waals surface area contributed by atoms with Crippen LogP contribution in [0, 0.1) is 5.82 Å². The fraction of sp³-hybridized carbons (Fsp3) is 0.200. The molecule has 1 aliphatic heterocycles. The van der Waals surface area contributed by atoms with E-state index >= 15 is 0 Å². The molecule has 150 valence electrons. The van der Waals surface area contributed by atoms with Gasteiger partial charge in [0.05, 0.1) is 28.3 Å². The van der Waals surface area contributed by atoms with Crippen LogP contribution in [-0.2, 0) is 9.84 Å². The molecule has 6 nitrogen and oxygen atoms in total. The van der Waals surface area contributed by atoms with Gasteiger partial charge in [-0.05, 0) is 36.2 Å². The Hall–Kier alpha value is -2.71. The molecule has 3 aromatic rings. The van der Waals surface area contributed by atoms with E-state index in [4.69, 9.17) is 11.6 Å². The van der Waals surface area contributed by atoms with Crippen LogP contribution in [0.3, 0.4) is 0 Å². The van der Waals surface area contributed by atoms with Crippen LogP contribution in [0.15, 0.2) is 54.6 Å². The highest BCUT2D eigenvalue weighted by atomic mass is 35.5. The fourth-order valence-corrected chi connectivity index (χ4v) is 5.22. The van der Waals surface area contributed by atoms with E-state index < -0.39 is 21.6 Å². The van der Waals surface area contributed by atoms with Crippen LogP contribution in [0.5, 0.6) is 0 Å². The lowest BCUT2D eigenvalue weighted by atomic mass is 10.1. The van der Waals surface area contributed by atoms with E-state index in [-0.39, 0.29) is 28.3 Å². The molecule has 0 unspecified atom stereocenters. The van der Waals surface area contributed by atoms with Crippen molar-refractivity contribution in [2.45, 2.75) is 12.5 Å². The van der Waals surface area contributed by atoms with Crippen molar-refractivity contribution in [2.75, 3.05) is 16.8 Å². The molecule has 9 heteroatoms. The Morgan fingerprint density at radius 2 is 1.93 bits per heavy atom. The number of carbonyl (C=O) groups is 1. The smallest absolute Gasteiger partial charge is 0.276 e. The maximum atomic E-state index is 13.3. The van der Waals surface area contributed by atoms with Crippen molar-refractivity contribution in [1.29, 1.82) is 0 Å². The van der Waals surface area contributed by atoms with Gasteiger partial charge in [-0.1, -0.05) is 41.9 Å². The molecule has 0 bridgehead atoms. The van der Waals surface area contributed by atoms with E-state index in [2.05, 4.69) is 10.4 Å². The lowest BCUT2D eigenvalue weighted by Gasteiger charge is -2.13. The molecule has 1 aliphatic rings. The lowest BCUT2D eigenvalue weighted by Crippen LogP contribution is -2.16. The molecule has 1 saturated heterocycles. The molecule has 1 amide bonds. The van der Waals surface area contributed by atoms with Gasteiger partial charge >= 0.3 is 0 Å². The topological polar surface area (TPSA) is 81.1 Å². The lowest BCUT2D eigenvalue weighted by molar-refractivity contribution is 0.102. The van der Waals surface area contributed by atoms with Crippen LogP contribution < -0.4 is 5.32 Å². The second kappa shape index (κ2) is 7.61. The number of aromatic nitrogens is 2. The van der Waals surface area contributed by atoms with Crippen molar-refractivity contribution >= 4 is 33.0 Å². The van der Waals surface area contributed by atoms with E-state index in [1.165, 1.54) is 12.1 Å². The van der Waals surface area contributed by atoms with Crippen LogP contribution in [0.25, 0.3) is 11.3 Å². The summed E-state index contributed by atoms with van der Waals surface area (Å²) in [5.41, 5.74) is 1.96. The fourth-order valence-electron chi connectivity index (χ4n) is 3.35. The minimum atomic E-state index is -3.12. The van der Waals surface area contributed by atoms with Gasteiger partial charge in [0.25, 0.3) is 5.91 Å². The zero-order valence-corrected chi connectivity index (χ0v) is 16.8. The normalized spacial score (nSPS) is 17.9. The van der Waals surface area contributed by atoms with Crippen LogP contribution in [0.4, 0.5) is 10.1 Å². The molecule has 1 N–H and O–H groups in total. The van der Waals surface area contributed by atoms with Crippen molar-refractivity contribution in [3.63, 3.8) is 0 Å². The van der Waals surface area contributed by atoms with Crippen LogP contribution in [0.2, 0.25) is 5.02 Å². The Morgan fingerprint density at radius 1 is 1.17 bits per heavy atom. The number of benzene rings is 2. The summed E-state index contributed by atoms with van der Waals surface area (Å²) >= 11 is 5.76. The Morgan fingerprint density at radius 3 is 2.59 bits per heavy atom. The van der Waals surface area contributed by atoms with Crippen LogP contribution >= 0.6 is 11.6 Å². The van der Waals surface area contributed by atoms with E-state index in [0.29, 0.717) is 17.8 Å². The quantitative estimate of drug-likeness (QED) is 0.675. The number of halogens is 2. The number of amides is 1. The van der Waals surface area contributed by atoms with Gasteiger partial charge in [0.1, 0.15) is 5.82 Å². The minimum absolute atomic E-state index is 0.0108. The Labute approximate surface area is 172 Å². The molecular weight excluding hydrogens is 417 g/mol. The molecule has 2 heterocycles. The van der Waals surface area contributed by atoms with Gasteiger partial charge in [-0.15, -0.1) is 0 Å². The van der Waals surface area contributed by atoms with Gasteiger partial charge < -0.3 is 5.32 Å². The zero-order chi connectivity index (χ0) is 20.6. The Kier molecular flexibility index (Phi) is 5.14. The predicted molar refractivity (Wildman–Crippen MR) is 109 cm³/mol. The summed E-state index contributed by atoms with van der Waals surface area (Å²) in [4.78, 5) is 12.7. The Balaban J connectivity index is 1.69. The second-order valence-corrected chi connectivity index (χ2v) is 9.50. The molecule has 4 rings (SSSR count). The number of hydrogen-bond donors (Lipinski definition) is 1. The van der Waals surface area contributed by atoms with Crippen LogP contribution in [-0.4, -0.2) is 35.6 Å². The highest BCUT2D eigenvalue weighted by Crippen LogP contribution is 2.30. The van der Waals surface area contributed by atoms with Crippen molar-refractivity contribution in [3.8, 4) is 11.3 Å². The first-order valence-electron chi connectivity index (χ1n) is 8.94. The summed E-state index contributed by atoms with van der Waals surface area (Å²) in [6.07, 6.45) is 0.443. The molecule has 1 aromatic heterocycles. The molecule has 2 aromatic carbocycles. The van der Waals surface area contributed by atoms with E-state index in [9.17, 15) is 17.6 Å². The van der Waals surface area contributed by atoms with Gasteiger partial charge in [0.2, 0.25) is 0 Å². The van der Waals surface area contributed by atoms with Gasteiger partial charge in [0, 0.05) is 5.69 Å². The molecule has 0 aliphatic carbocycles. The maximum absolute atomic E-state index is 13.3. The zero-order valence-electron chi connectivity index (χ0n) is 15.2. The maximum Gasteiger partial charge on any atom is 0.276 e. The number of nitrogens with zero attached hydrogens (tertiary/aromatic N) is 2. The van der Waals surface area contributed by atoms with Gasteiger partial charge in [-0.3, -0.25) is 9.48 Å². The first-order valence-corrected chi connectivity index (χ1v) is 11.1. The molecule has 0 radical (unpaired) electrons. The third-order valence-corrected chi connectivity index (χ3v) is 6.81. The molecule has 29 heavy (non-hydrogen) atoms. The summed E-state index contributed by atoms with van der Waals surface area (Å²) in [6.45, 7) is 0. The molecule has 1 atom stereocenters. The third-order valence-electron chi connectivity index (χ3n) is 4.77. The second-order valence-electron chi connectivity index (χ2n) is 6.87. The van der Waals surface area contributed by atoms with E-state index in [0.717, 1.165) is 11.6 Å². The van der Waals surface area contributed by atoms with Crippen molar-refractivity contribution in [2.24, 2.45) is 0 Å². The summed E-state index contributed by atoms with van der Waals surface area (Å²) < 4.78 is 38.8. The van der Waals surface area contributed by atoms with Gasteiger partial charge in [-0.2, -0.15) is 5.10 Å². The summed E-state index contributed by atoms with van der Waals surface area (Å²) in [5.74, 6) is -0.989. The van der Waals surface area contributed by atoms with Crippen molar-refractivity contribution < 1.29 is 17.6 Å². The van der Waals surface area contributed by atoms with E-state index in [1.54, 1.807) is 10.7 Å². The summed E-state index contributed by atoms with van der Waals surface area (Å²) in [5, 5.41) is 6.94. The number of hydrogen-bond acceptors (Lipinski definition) is 4. The average molecular weight is 434 g/mol. The van der Waals surface area contributed by atoms with Gasteiger partial charge in [-0.25, -0.2) is 12.8 Å². The monoisotopic (exact) mass is 433 g/mol.